The zero-order valence-electron chi connectivity index (χ0n) is 8.74. The van der Waals surface area contributed by atoms with Gasteiger partial charge in [0.15, 0.2) is 22.9 Å². The highest BCUT2D eigenvalue weighted by Gasteiger charge is 2.22. The van der Waals surface area contributed by atoms with Crippen LogP contribution in [0, 0.1) is 17.5 Å². The van der Waals surface area contributed by atoms with E-state index in [0.717, 1.165) is 12.5 Å². The molecule has 0 amide bonds. The summed E-state index contributed by atoms with van der Waals surface area (Å²) in [5.41, 5.74) is 0.685. The van der Waals surface area contributed by atoms with Crippen molar-refractivity contribution in [3.63, 3.8) is 0 Å². The SMILES string of the molecule is O=c1c2c([nH]c3cc(F)c(F)c(F)c13)CCC2. The lowest BCUT2D eigenvalue weighted by molar-refractivity contribution is 0.453. The molecule has 17 heavy (non-hydrogen) atoms. The summed E-state index contributed by atoms with van der Waals surface area (Å²) in [4.78, 5) is 14.8. The first-order valence-electron chi connectivity index (χ1n) is 5.31. The molecule has 0 unspecified atom stereocenters. The fraction of sp³-hybridized carbons (Fsp3) is 0.250. The number of hydrogen-bond donors (Lipinski definition) is 1. The summed E-state index contributed by atoms with van der Waals surface area (Å²) in [6.45, 7) is 0. The molecule has 1 aliphatic rings. The number of aromatic nitrogens is 1. The topological polar surface area (TPSA) is 32.9 Å². The van der Waals surface area contributed by atoms with E-state index in [4.69, 9.17) is 0 Å². The molecular formula is C12H8F3NO. The number of aryl methyl sites for hydroxylation is 1. The van der Waals surface area contributed by atoms with E-state index in [9.17, 15) is 18.0 Å². The molecular weight excluding hydrogens is 231 g/mol. The van der Waals surface area contributed by atoms with Crippen molar-refractivity contribution in [1.29, 1.82) is 0 Å². The first-order chi connectivity index (χ1) is 8.09. The quantitative estimate of drug-likeness (QED) is 0.704. The number of rotatable bonds is 0. The smallest absolute Gasteiger partial charge is 0.195 e. The summed E-state index contributed by atoms with van der Waals surface area (Å²) >= 11 is 0. The third-order valence-electron chi connectivity index (χ3n) is 3.17. The molecule has 0 fully saturated rings. The van der Waals surface area contributed by atoms with Crippen molar-refractivity contribution in [3.05, 3.63) is 45.0 Å². The van der Waals surface area contributed by atoms with Gasteiger partial charge in [-0.25, -0.2) is 13.2 Å². The van der Waals surface area contributed by atoms with E-state index in [1.807, 2.05) is 0 Å². The minimum absolute atomic E-state index is 0.0204. The van der Waals surface area contributed by atoms with E-state index in [0.29, 0.717) is 24.1 Å². The highest BCUT2D eigenvalue weighted by atomic mass is 19.2. The molecule has 3 rings (SSSR count). The molecule has 5 heteroatoms. The van der Waals surface area contributed by atoms with Gasteiger partial charge in [0.1, 0.15) is 0 Å². The first-order valence-corrected chi connectivity index (χ1v) is 5.31. The Morgan fingerprint density at radius 3 is 2.65 bits per heavy atom. The zero-order valence-corrected chi connectivity index (χ0v) is 8.74. The van der Waals surface area contributed by atoms with Gasteiger partial charge in [0.05, 0.1) is 10.9 Å². The Labute approximate surface area is 94.1 Å². The van der Waals surface area contributed by atoms with Crippen LogP contribution >= 0.6 is 0 Å². The third-order valence-corrected chi connectivity index (χ3v) is 3.17. The van der Waals surface area contributed by atoms with Crippen LogP contribution in [-0.4, -0.2) is 4.98 Å². The molecule has 88 valence electrons. The summed E-state index contributed by atoms with van der Waals surface area (Å²) in [5.74, 6) is -4.29. The molecule has 0 aliphatic heterocycles. The fourth-order valence-electron chi connectivity index (χ4n) is 2.36. The predicted octanol–water partition coefficient (Wildman–Crippen LogP) is 2.43. The van der Waals surface area contributed by atoms with Crippen LogP contribution in [0.15, 0.2) is 10.9 Å². The molecule has 1 aromatic carbocycles. The molecule has 2 nitrogen and oxygen atoms in total. The molecule has 0 spiro atoms. The number of H-pyrrole nitrogens is 1. The van der Waals surface area contributed by atoms with Gasteiger partial charge in [0, 0.05) is 17.3 Å². The number of benzene rings is 1. The molecule has 0 saturated heterocycles. The van der Waals surface area contributed by atoms with E-state index in [1.54, 1.807) is 0 Å². The summed E-state index contributed by atoms with van der Waals surface area (Å²) in [6.07, 6.45) is 2.03. The number of fused-ring (bicyclic) bond motifs is 2. The minimum Gasteiger partial charge on any atom is -0.358 e. The van der Waals surface area contributed by atoms with Crippen LogP contribution in [0.4, 0.5) is 13.2 Å². The molecule has 1 aliphatic carbocycles. The maximum absolute atomic E-state index is 13.6. The van der Waals surface area contributed by atoms with Crippen molar-refractivity contribution < 1.29 is 13.2 Å². The fourth-order valence-corrected chi connectivity index (χ4v) is 2.36. The van der Waals surface area contributed by atoms with Crippen LogP contribution in [0.2, 0.25) is 0 Å². The number of hydrogen-bond acceptors (Lipinski definition) is 1. The first kappa shape index (κ1) is 10.4. The Kier molecular flexibility index (Phi) is 2.05. The van der Waals surface area contributed by atoms with Gasteiger partial charge < -0.3 is 4.98 Å². The van der Waals surface area contributed by atoms with Crippen LogP contribution in [0.3, 0.4) is 0 Å². The lowest BCUT2D eigenvalue weighted by Crippen LogP contribution is -2.13. The minimum atomic E-state index is -1.60. The second-order valence-electron chi connectivity index (χ2n) is 4.17. The van der Waals surface area contributed by atoms with Gasteiger partial charge in [-0.3, -0.25) is 4.79 Å². The van der Waals surface area contributed by atoms with Crippen molar-refractivity contribution >= 4 is 10.9 Å². The second-order valence-corrected chi connectivity index (χ2v) is 4.17. The van der Waals surface area contributed by atoms with Crippen molar-refractivity contribution in [2.75, 3.05) is 0 Å². The maximum Gasteiger partial charge on any atom is 0.195 e. The van der Waals surface area contributed by atoms with Crippen LogP contribution in [0.5, 0.6) is 0 Å². The lowest BCUT2D eigenvalue weighted by Gasteiger charge is -2.05. The number of pyridine rings is 1. The predicted molar refractivity (Wildman–Crippen MR) is 56.5 cm³/mol. The number of aromatic amines is 1. The van der Waals surface area contributed by atoms with E-state index in [2.05, 4.69) is 4.98 Å². The Balaban J connectivity index is 2.53. The van der Waals surface area contributed by atoms with Crippen molar-refractivity contribution in [1.82, 2.24) is 4.98 Å². The summed E-state index contributed by atoms with van der Waals surface area (Å²) < 4.78 is 39.7. The standard InChI is InChI=1S/C12H8F3NO/c13-6-4-8-9(11(15)10(6)14)12(17)5-2-1-3-7(5)16-8/h4H,1-3H2,(H,16,17). The largest absolute Gasteiger partial charge is 0.358 e. The van der Waals surface area contributed by atoms with Gasteiger partial charge in [-0.15, -0.1) is 0 Å². The summed E-state index contributed by atoms with van der Waals surface area (Å²) in [7, 11) is 0. The third kappa shape index (κ3) is 1.31. The van der Waals surface area contributed by atoms with E-state index in [1.165, 1.54) is 0 Å². The molecule has 0 atom stereocenters. The van der Waals surface area contributed by atoms with Crippen LogP contribution < -0.4 is 5.43 Å². The highest BCUT2D eigenvalue weighted by Crippen LogP contribution is 2.24. The van der Waals surface area contributed by atoms with Gasteiger partial charge in [0.2, 0.25) is 0 Å². The Morgan fingerprint density at radius 2 is 1.88 bits per heavy atom. The average molecular weight is 239 g/mol. The Bertz CT molecular complexity index is 690. The second kappa shape index (κ2) is 3.35. The van der Waals surface area contributed by atoms with Crippen LogP contribution in [0.25, 0.3) is 10.9 Å². The van der Waals surface area contributed by atoms with Gasteiger partial charge in [-0.05, 0) is 19.3 Å². The normalized spacial score (nSPS) is 14.3. The molecule has 0 bridgehead atoms. The maximum atomic E-state index is 13.6. The molecule has 0 radical (unpaired) electrons. The van der Waals surface area contributed by atoms with Crippen LogP contribution in [0.1, 0.15) is 17.7 Å². The summed E-state index contributed by atoms with van der Waals surface area (Å²) in [5, 5.41) is -0.385. The average Bonchev–Trinajstić information content (AvgIpc) is 2.74. The van der Waals surface area contributed by atoms with Gasteiger partial charge in [-0.1, -0.05) is 0 Å². The van der Waals surface area contributed by atoms with Crippen LogP contribution in [-0.2, 0) is 12.8 Å². The molecule has 1 N–H and O–H groups in total. The molecule has 1 aromatic heterocycles. The van der Waals surface area contributed by atoms with Gasteiger partial charge in [0.25, 0.3) is 0 Å². The Morgan fingerprint density at radius 1 is 1.12 bits per heavy atom. The van der Waals surface area contributed by atoms with Crippen molar-refractivity contribution in [2.24, 2.45) is 0 Å². The van der Waals surface area contributed by atoms with Gasteiger partial charge >= 0.3 is 0 Å². The Hall–Kier alpha value is -1.78. The van der Waals surface area contributed by atoms with E-state index >= 15 is 0 Å². The zero-order chi connectivity index (χ0) is 12.2. The number of halogens is 3. The monoisotopic (exact) mass is 239 g/mol. The van der Waals surface area contributed by atoms with E-state index in [-0.39, 0.29) is 10.9 Å². The molecule has 1 heterocycles. The number of nitrogens with one attached hydrogen (secondary N) is 1. The molecule has 0 saturated carbocycles. The van der Waals surface area contributed by atoms with Crippen molar-refractivity contribution in [2.45, 2.75) is 19.3 Å². The molecule has 2 aromatic rings. The lowest BCUT2D eigenvalue weighted by atomic mass is 10.1. The van der Waals surface area contributed by atoms with Gasteiger partial charge in [-0.2, -0.15) is 0 Å². The summed E-state index contributed by atoms with van der Waals surface area (Å²) in [6, 6.07) is 0.827. The van der Waals surface area contributed by atoms with Crippen molar-refractivity contribution in [3.8, 4) is 0 Å². The highest BCUT2D eigenvalue weighted by molar-refractivity contribution is 5.80. The van der Waals surface area contributed by atoms with E-state index < -0.39 is 22.9 Å².